The van der Waals surface area contributed by atoms with E-state index in [0.717, 1.165) is 28.7 Å². The summed E-state index contributed by atoms with van der Waals surface area (Å²) in [6.07, 6.45) is 2.91. The zero-order valence-electron chi connectivity index (χ0n) is 13.5. The Bertz CT molecular complexity index is 1300. The Hall–Kier alpha value is -3.26. The minimum absolute atomic E-state index is 0.926. The molecule has 2 heteroatoms. The highest BCUT2D eigenvalue weighted by molar-refractivity contribution is 6.26. The minimum atomic E-state index is 0.926. The molecule has 5 aromatic rings. The second-order valence-corrected chi connectivity index (χ2v) is 6.67. The Morgan fingerprint density at radius 3 is 2.04 bits per heavy atom. The fraction of sp³-hybridized carbons (Fsp3) is 0.0435. The lowest BCUT2D eigenvalue weighted by Crippen LogP contribution is -1.92. The van der Waals surface area contributed by atoms with Crippen molar-refractivity contribution in [3.8, 4) is 11.3 Å². The van der Waals surface area contributed by atoms with Crippen molar-refractivity contribution < 1.29 is 0 Å². The van der Waals surface area contributed by atoms with Crippen molar-refractivity contribution in [1.82, 2.24) is 9.97 Å². The van der Waals surface area contributed by atoms with Crippen LogP contribution in [0.5, 0.6) is 0 Å². The molecule has 116 valence electrons. The van der Waals surface area contributed by atoms with E-state index in [1.807, 2.05) is 24.4 Å². The summed E-state index contributed by atoms with van der Waals surface area (Å²) in [6.45, 7) is 0. The molecule has 0 atom stereocenters. The van der Waals surface area contributed by atoms with Gasteiger partial charge in [-0.15, -0.1) is 0 Å². The second-order valence-electron chi connectivity index (χ2n) is 6.67. The molecule has 0 saturated carbocycles. The molecule has 25 heavy (non-hydrogen) atoms. The zero-order valence-corrected chi connectivity index (χ0v) is 13.5. The van der Waals surface area contributed by atoms with Gasteiger partial charge in [0.2, 0.25) is 0 Å². The molecule has 0 amide bonds. The third-order valence-corrected chi connectivity index (χ3v) is 5.28. The average molecular weight is 318 g/mol. The Balaban J connectivity index is 1.83. The molecule has 0 radical (unpaired) electrons. The Labute approximate surface area is 144 Å². The Morgan fingerprint density at radius 2 is 1.32 bits per heavy atom. The minimum Gasteiger partial charge on any atom is -0.252 e. The molecular weight excluding hydrogens is 304 g/mol. The van der Waals surface area contributed by atoms with E-state index in [2.05, 4.69) is 48.5 Å². The number of hydrogen-bond acceptors (Lipinski definition) is 2. The second kappa shape index (κ2) is 4.64. The van der Waals surface area contributed by atoms with Crippen molar-refractivity contribution in [2.45, 2.75) is 6.42 Å². The van der Waals surface area contributed by atoms with Crippen LogP contribution in [0.3, 0.4) is 0 Å². The van der Waals surface area contributed by atoms with Crippen LogP contribution in [0, 0.1) is 0 Å². The molecule has 1 heterocycles. The summed E-state index contributed by atoms with van der Waals surface area (Å²) in [5, 5.41) is 5.16. The summed E-state index contributed by atoms with van der Waals surface area (Å²) in [4.78, 5) is 9.86. The van der Waals surface area contributed by atoms with Crippen LogP contribution in [-0.4, -0.2) is 9.97 Å². The lowest BCUT2D eigenvalue weighted by Gasteiger charge is -2.10. The maximum absolute atomic E-state index is 5.03. The van der Waals surface area contributed by atoms with Crippen LogP contribution in [0.1, 0.15) is 11.1 Å². The molecule has 0 spiro atoms. The highest BCUT2D eigenvalue weighted by atomic mass is 14.8. The number of aromatic nitrogens is 2. The van der Waals surface area contributed by atoms with E-state index < -0.39 is 0 Å². The van der Waals surface area contributed by atoms with Gasteiger partial charge in [0.25, 0.3) is 0 Å². The molecule has 0 aliphatic heterocycles. The summed E-state index contributed by atoms with van der Waals surface area (Å²) in [7, 11) is 0. The number of benzene rings is 4. The molecule has 1 aliphatic rings. The Morgan fingerprint density at radius 1 is 0.640 bits per heavy atom. The van der Waals surface area contributed by atoms with Gasteiger partial charge in [-0.1, -0.05) is 66.7 Å². The maximum Gasteiger partial charge on any atom is 0.0979 e. The summed E-state index contributed by atoms with van der Waals surface area (Å²) >= 11 is 0. The summed E-state index contributed by atoms with van der Waals surface area (Å²) in [6, 6.07) is 23.4. The molecule has 0 bridgehead atoms. The molecule has 1 aromatic heterocycles. The van der Waals surface area contributed by atoms with Gasteiger partial charge in [-0.05, 0) is 28.3 Å². The molecule has 0 unspecified atom stereocenters. The lowest BCUT2D eigenvalue weighted by atomic mass is 9.99. The number of hydrogen-bond donors (Lipinski definition) is 0. The molecule has 4 aromatic carbocycles. The maximum atomic E-state index is 5.03. The standard InChI is InChI=1S/C23H14N2/c1-2-6-14(7-3-1)19-13-24-22-17-10-4-8-15-12-16-9-5-11-18(23(22)25-19)21(16)20(15)17/h1-11,13H,12H2. The van der Waals surface area contributed by atoms with Gasteiger partial charge in [-0.2, -0.15) is 0 Å². The molecule has 0 fully saturated rings. The smallest absolute Gasteiger partial charge is 0.0979 e. The van der Waals surface area contributed by atoms with Gasteiger partial charge < -0.3 is 0 Å². The largest absolute Gasteiger partial charge is 0.252 e. The van der Waals surface area contributed by atoms with Crippen molar-refractivity contribution in [2.75, 3.05) is 0 Å². The fourth-order valence-corrected chi connectivity index (χ4v) is 4.21. The predicted octanol–water partition coefficient (Wildman–Crippen LogP) is 5.51. The van der Waals surface area contributed by atoms with Gasteiger partial charge in [-0.25, -0.2) is 4.98 Å². The molecule has 0 N–H and O–H groups in total. The fourth-order valence-electron chi connectivity index (χ4n) is 4.21. The first-order chi connectivity index (χ1) is 12.4. The van der Waals surface area contributed by atoms with Crippen molar-refractivity contribution in [3.05, 3.63) is 84.1 Å². The SMILES string of the molecule is c1ccc(-c2cnc3c4cccc5c4c4c(cccc4c3n2)C5)cc1. The van der Waals surface area contributed by atoms with Crippen LogP contribution in [0.4, 0.5) is 0 Å². The number of nitrogens with zero attached hydrogens (tertiary/aromatic N) is 2. The van der Waals surface area contributed by atoms with E-state index in [9.17, 15) is 0 Å². The molecule has 6 rings (SSSR count). The quantitative estimate of drug-likeness (QED) is 0.374. The van der Waals surface area contributed by atoms with Crippen LogP contribution >= 0.6 is 0 Å². The molecule has 0 saturated heterocycles. The Kier molecular flexibility index (Phi) is 2.43. The van der Waals surface area contributed by atoms with E-state index >= 15 is 0 Å². The van der Waals surface area contributed by atoms with E-state index in [0.29, 0.717) is 0 Å². The van der Waals surface area contributed by atoms with Crippen LogP contribution in [-0.2, 0) is 6.42 Å². The predicted molar refractivity (Wildman–Crippen MR) is 103 cm³/mol. The van der Waals surface area contributed by atoms with Gasteiger partial charge in [0.05, 0.1) is 22.9 Å². The van der Waals surface area contributed by atoms with Crippen LogP contribution < -0.4 is 0 Å². The number of fused-ring (bicyclic) bond motifs is 3. The first-order valence-electron chi connectivity index (χ1n) is 8.57. The lowest BCUT2D eigenvalue weighted by molar-refractivity contribution is 1.27. The van der Waals surface area contributed by atoms with Crippen LogP contribution in [0.25, 0.3) is 43.8 Å². The van der Waals surface area contributed by atoms with Crippen LogP contribution in [0.15, 0.2) is 72.9 Å². The number of rotatable bonds is 1. The van der Waals surface area contributed by atoms with E-state index in [-0.39, 0.29) is 0 Å². The highest BCUT2D eigenvalue weighted by Gasteiger charge is 2.21. The molecular formula is C23H14N2. The van der Waals surface area contributed by atoms with Gasteiger partial charge in [-0.3, -0.25) is 4.98 Å². The zero-order chi connectivity index (χ0) is 16.4. The summed E-state index contributed by atoms with van der Waals surface area (Å²) < 4.78 is 0. The third kappa shape index (κ3) is 1.69. The molecule has 2 nitrogen and oxygen atoms in total. The van der Waals surface area contributed by atoms with E-state index in [1.54, 1.807) is 0 Å². The van der Waals surface area contributed by atoms with Gasteiger partial charge in [0.15, 0.2) is 0 Å². The van der Waals surface area contributed by atoms with E-state index in [1.165, 1.54) is 32.7 Å². The first-order valence-corrected chi connectivity index (χ1v) is 8.57. The van der Waals surface area contributed by atoms with Crippen molar-refractivity contribution in [1.29, 1.82) is 0 Å². The first kappa shape index (κ1) is 13.1. The van der Waals surface area contributed by atoms with Crippen molar-refractivity contribution in [3.63, 3.8) is 0 Å². The third-order valence-electron chi connectivity index (χ3n) is 5.28. The van der Waals surface area contributed by atoms with Gasteiger partial charge in [0.1, 0.15) is 0 Å². The summed E-state index contributed by atoms with van der Waals surface area (Å²) in [5.74, 6) is 0. The van der Waals surface area contributed by atoms with E-state index in [4.69, 9.17) is 9.97 Å². The average Bonchev–Trinajstić information content (AvgIpc) is 3.07. The van der Waals surface area contributed by atoms with Crippen LogP contribution in [0.2, 0.25) is 0 Å². The topological polar surface area (TPSA) is 25.8 Å². The van der Waals surface area contributed by atoms with Crippen molar-refractivity contribution >= 4 is 32.6 Å². The van der Waals surface area contributed by atoms with Crippen molar-refractivity contribution in [2.24, 2.45) is 0 Å². The molecule has 1 aliphatic carbocycles. The monoisotopic (exact) mass is 318 g/mol. The summed E-state index contributed by atoms with van der Waals surface area (Å²) in [5.41, 5.74) is 6.84. The van der Waals surface area contributed by atoms with Gasteiger partial charge in [0, 0.05) is 16.3 Å². The highest BCUT2D eigenvalue weighted by Crippen LogP contribution is 2.42. The normalized spacial score (nSPS) is 12.6. The van der Waals surface area contributed by atoms with Gasteiger partial charge >= 0.3 is 0 Å².